The van der Waals surface area contributed by atoms with Gasteiger partial charge in [0.05, 0.1) is 17.7 Å². The van der Waals surface area contributed by atoms with Gasteiger partial charge >= 0.3 is 6.09 Å². The molecule has 0 bridgehead atoms. The van der Waals surface area contributed by atoms with Crippen LogP contribution in [0.2, 0.25) is 5.02 Å². The van der Waals surface area contributed by atoms with E-state index in [-0.39, 0.29) is 19.0 Å². The molecule has 1 saturated heterocycles. The molecule has 0 unspecified atom stereocenters. The third-order valence-electron chi connectivity index (χ3n) is 2.60. The van der Waals surface area contributed by atoms with Gasteiger partial charge in [0.25, 0.3) is 0 Å². The van der Waals surface area contributed by atoms with Crippen LogP contribution in [0.4, 0.5) is 9.18 Å². The van der Waals surface area contributed by atoms with Crippen molar-refractivity contribution in [2.24, 2.45) is 0 Å². The van der Waals surface area contributed by atoms with Crippen molar-refractivity contribution in [2.75, 3.05) is 6.61 Å². The predicted molar refractivity (Wildman–Crippen MR) is 65.2 cm³/mol. The van der Waals surface area contributed by atoms with E-state index in [1.54, 1.807) is 13.0 Å². The van der Waals surface area contributed by atoms with Crippen molar-refractivity contribution < 1.29 is 13.9 Å². The Kier molecular flexibility index (Phi) is 4.60. The number of benzene rings is 1. The highest BCUT2D eigenvalue weighted by molar-refractivity contribution is 6.32. The quantitative estimate of drug-likeness (QED) is 0.856. The first-order valence-electron chi connectivity index (χ1n) is 4.97. The molecule has 1 aliphatic rings. The molecule has 1 heterocycles. The summed E-state index contributed by atoms with van der Waals surface area (Å²) in [5.41, 5.74) is 1.14. The van der Waals surface area contributed by atoms with Crippen LogP contribution >= 0.6 is 24.0 Å². The van der Waals surface area contributed by atoms with Crippen molar-refractivity contribution in [3.8, 4) is 0 Å². The Morgan fingerprint density at radius 3 is 2.88 bits per heavy atom. The number of carbonyl (C=O) groups excluding carboxylic acids is 1. The lowest BCUT2D eigenvalue weighted by molar-refractivity contribution is 0.115. The maximum Gasteiger partial charge on any atom is 0.407 e. The Hall–Kier alpha value is -1.00. The lowest BCUT2D eigenvalue weighted by Crippen LogP contribution is -2.36. The molecule has 1 amide bonds. The summed E-state index contributed by atoms with van der Waals surface area (Å²) < 4.78 is 18.4. The number of rotatable bonds is 1. The Bertz CT molecular complexity index is 440. The fourth-order valence-corrected chi connectivity index (χ4v) is 2.02. The van der Waals surface area contributed by atoms with Crippen molar-refractivity contribution in [1.82, 2.24) is 5.32 Å². The van der Waals surface area contributed by atoms with Gasteiger partial charge in [-0.3, -0.25) is 0 Å². The molecular formula is C11H12Cl2FNO2. The Morgan fingerprint density at radius 1 is 1.53 bits per heavy atom. The number of hydrogen-bond donors (Lipinski definition) is 1. The molecule has 1 aromatic rings. The van der Waals surface area contributed by atoms with Gasteiger partial charge in [-0.15, -0.1) is 12.4 Å². The Balaban J connectivity index is 0.00000144. The third-order valence-corrected chi connectivity index (χ3v) is 3.10. The predicted octanol–water partition coefficient (Wildman–Crippen LogP) is 3.38. The lowest BCUT2D eigenvalue weighted by atomic mass is 10.0. The summed E-state index contributed by atoms with van der Waals surface area (Å²) in [6.45, 7) is 2.08. The van der Waals surface area contributed by atoms with Gasteiger partial charge < -0.3 is 10.1 Å². The minimum absolute atomic E-state index is 0. The zero-order valence-corrected chi connectivity index (χ0v) is 10.7. The first-order valence-corrected chi connectivity index (χ1v) is 5.35. The Labute approximate surface area is 110 Å². The molecule has 1 aromatic carbocycles. The lowest BCUT2D eigenvalue weighted by Gasteiger charge is -2.25. The van der Waals surface area contributed by atoms with Gasteiger partial charge in [-0.05, 0) is 18.6 Å². The molecule has 0 spiro atoms. The molecule has 3 nitrogen and oxygen atoms in total. The van der Waals surface area contributed by atoms with Crippen LogP contribution in [0, 0.1) is 12.7 Å². The van der Waals surface area contributed by atoms with Crippen molar-refractivity contribution in [1.29, 1.82) is 0 Å². The normalized spacial score (nSPS) is 19.0. The number of aryl methyl sites for hydroxylation is 1. The van der Waals surface area contributed by atoms with Crippen molar-refractivity contribution in [3.63, 3.8) is 0 Å². The van der Waals surface area contributed by atoms with Crippen LogP contribution in [0.1, 0.15) is 23.6 Å². The summed E-state index contributed by atoms with van der Waals surface area (Å²) in [6.07, 6.45) is -0.0144. The molecule has 1 N–H and O–H groups in total. The maximum atomic E-state index is 13.7. The van der Waals surface area contributed by atoms with E-state index in [1.165, 1.54) is 6.07 Å². The molecule has 94 valence electrons. The van der Waals surface area contributed by atoms with E-state index in [4.69, 9.17) is 16.3 Å². The zero-order valence-electron chi connectivity index (χ0n) is 9.13. The number of halogens is 3. The van der Waals surface area contributed by atoms with E-state index < -0.39 is 18.0 Å². The van der Waals surface area contributed by atoms with Gasteiger partial charge in [-0.1, -0.05) is 17.7 Å². The monoisotopic (exact) mass is 279 g/mol. The summed E-state index contributed by atoms with van der Waals surface area (Å²) in [4.78, 5) is 11.1. The van der Waals surface area contributed by atoms with Crippen LogP contribution in [0.25, 0.3) is 0 Å². The van der Waals surface area contributed by atoms with Crippen LogP contribution in [-0.2, 0) is 4.74 Å². The number of hydrogen-bond acceptors (Lipinski definition) is 2. The summed E-state index contributed by atoms with van der Waals surface area (Å²) in [7, 11) is 0. The smallest absolute Gasteiger partial charge is 0.407 e. The number of nitrogens with one attached hydrogen (secondary N) is 1. The zero-order chi connectivity index (χ0) is 11.7. The molecule has 0 saturated carbocycles. The van der Waals surface area contributed by atoms with Gasteiger partial charge in [0, 0.05) is 12.0 Å². The number of carbonyl (C=O) groups is 1. The fraction of sp³-hybridized carbons (Fsp3) is 0.364. The van der Waals surface area contributed by atoms with E-state index in [1.807, 2.05) is 0 Å². The van der Waals surface area contributed by atoms with Crippen LogP contribution in [0.3, 0.4) is 0 Å². The molecule has 6 heteroatoms. The number of cyclic esters (lactones) is 1. The van der Waals surface area contributed by atoms with Gasteiger partial charge in [0.15, 0.2) is 0 Å². The average molecular weight is 280 g/mol. The summed E-state index contributed by atoms with van der Waals surface area (Å²) >= 11 is 6.05. The fourth-order valence-electron chi connectivity index (χ4n) is 1.74. The van der Waals surface area contributed by atoms with Crippen molar-refractivity contribution in [2.45, 2.75) is 19.4 Å². The van der Waals surface area contributed by atoms with Gasteiger partial charge in [-0.25, -0.2) is 9.18 Å². The van der Waals surface area contributed by atoms with E-state index in [0.717, 1.165) is 5.56 Å². The van der Waals surface area contributed by atoms with Crippen molar-refractivity contribution >= 4 is 30.1 Å². The maximum absolute atomic E-state index is 13.7. The first kappa shape index (κ1) is 14.1. The SMILES string of the molecule is Cc1ccc(F)c([C@@H]2CCOC(=O)N2)c1Cl.Cl. The summed E-state index contributed by atoms with van der Waals surface area (Å²) in [5.74, 6) is -0.400. The van der Waals surface area contributed by atoms with Crippen molar-refractivity contribution in [3.05, 3.63) is 34.1 Å². The minimum atomic E-state index is -0.534. The van der Waals surface area contributed by atoms with E-state index in [2.05, 4.69) is 5.32 Å². The number of alkyl carbamates (subject to hydrolysis) is 1. The minimum Gasteiger partial charge on any atom is -0.449 e. The molecule has 2 rings (SSSR count). The second-order valence-electron chi connectivity index (χ2n) is 3.71. The molecule has 0 aromatic heterocycles. The average Bonchev–Trinajstić information content (AvgIpc) is 2.24. The highest BCUT2D eigenvalue weighted by atomic mass is 35.5. The summed E-state index contributed by atoms with van der Waals surface area (Å²) in [6, 6.07) is 2.56. The summed E-state index contributed by atoms with van der Waals surface area (Å²) in [5, 5.41) is 2.92. The van der Waals surface area contributed by atoms with E-state index in [0.29, 0.717) is 17.0 Å². The van der Waals surface area contributed by atoms with E-state index >= 15 is 0 Å². The first-order chi connectivity index (χ1) is 7.59. The van der Waals surface area contributed by atoms with Gasteiger partial charge in [0.2, 0.25) is 0 Å². The highest BCUT2D eigenvalue weighted by Gasteiger charge is 2.26. The number of ether oxygens (including phenoxy) is 1. The standard InChI is InChI=1S/C11H11ClFNO2.ClH/c1-6-2-3-7(13)9(10(6)12)8-4-5-16-11(15)14-8;/h2-3,8H,4-5H2,1H3,(H,14,15);1H/t8-;/m0./s1. The number of amides is 1. The second kappa shape index (κ2) is 5.56. The molecule has 0 radical (unpaired) electrons. The Morgan fingerprint density at radius 2 is 2.24 bits per heavy atom. The second-order valence-corrected chi connectivity index (χ2v) is 4.09. The molecule has 0 aliphatic carbocycles. The third kappa shape index (κ3) is 2.82. The van der Waals surface area contributed by atoms with Crippen LogP contribution in [-0.4, -0.2) is 12.7 Å². The topological polar surface area (TPSA) is 38.3 Å². The van der Waals surface area contributed by atoms with Gasteiger partial charge in [-0.2, -0.15) is 0 Å². The molecular weight excluding hydrogens is 268 g/mol. The van der Waals surface area contributed by atoms with Gasteiger partial charge in [0.1, 0.15) is 5.82 Å². The largest absolute Gasteiger partial charge is 0.449 e. The van der Waals surface area contributed by atoms with Crippen LogP contribution < -0.4 is 5.32 Å². The van der Waals surface area contributed by atoms with E-state index in [9.17, 15) is 9.18 Å². The van der Waals surface area contributed by atoms with Crippen LogP contribution in [0.15, 0.2) is 12.1 Å². The molecule has 1 aliphatic heterocycles. The molecule has 17 heavy (non-hydrogen) atoms. The van der Waals surface area contributed by atoms with Crippen LogP contribution in [0.5, 0.6) is 0 Å². The highest BCUT2D eigenvalue weighted by Crippen LogP contribution is 2.31. The molecule has 1 atom stereocenters. The molecule has 1 fully saturated rings.